The van der Waals surface area contributed by atoms with Crippen molar-refractivity contribution in [3.05, 3.63) is 35.4 Å². The molecule has 6 nitrogen and oxygen atoms in total. The number of unbranched alkanes of at least 4 members (excludes halogenated alkanes) is 1. The average Bonchev–Trinajstić information content (AvgIpc) is 2.57. The standard InChI is InChI=1S/C17H24NO5P/c1-2-3-4-16(24(21)22)15-10-18-14(11-23-15)9-12-5-7-13(8-6-12)17(19)20/h5-8,14-16,18H,2-4,9-11H2,1H3,(H-,19,20,21,22)/p+1/t14-,15-,16?/m1/s1. The molecule has 1 aromatic carbocycles. The van der Waals surface area contributed by atoms with Gasteiger partial charge in [0.15, 0.2) is 0 Å². The molecule has 1 aromatic rings. The zero-order valence-corrected chi connectivity index (χ0v) is 14.7. The summed E-state index contributed by atoms with van der Waals surface area (Å²) in [6, 6.07) is 6.95. The van der Waals surface area contributed by atoms with Crippen LogP contribution in [-0.2, 0) is 15.7 Å². The minimum Gasteiger partial charge on any atom is -0.478 e. The zero-order valence-electron chi connectivity index (χ0n) is 13.9. The highest BCUT2D eigenvalue weighted by Crippen LogP contribution is 2.32. The summed E-state index contributed by atoms with van der Waals surface area (Å²) in [5.41, 5.74) is 0.996. The molecule has 0 aromatic heterocycles. The molecule has 24 heavy (non-hydrogen) atoms. The third-order valence-electron chi connectivity index (χ3n) is 4.37. The van der Waals surface area contributed by atoms with E-state index in [4.69, 9.17) is 9.84 Å². The van der Waals surface area contributed by atoms with Gasteiger partial charge in [-0.05, 0) is 41.5 Å². The molecule has 0 bridgehead atoms. The van der Waals surface area contributed by atoms with E-state index in [0.717, 1.165) is 24.8 Å². The van der Waals surface area contributed by atoms with E-state index in [-0.39, 0.29) is 23.4 Å². The minimum atomic E-state index is -2.24. The molecule has 0 aliphatic carbocycles. The summed E-state index contributed by atoms with van der Waals surface area (Å²) in [5.74, 6) is -0.931. The number of nitrogens with one attached hydrogen (secondary N) is 1. The molecule has 2 unspecified atom stereocenters. The lowest BCUT2D eigenvalue weighted by Gasteiger charge is -2.31. The number of ether oxygens (including phenoxy) is 1. The van der Waals surface area contributed by atoms with Gasteiger partial charge >= 0.3 is 14.0 Å². The van der Waals surface area contributed by atoms with Gasteiger partial charge in [0.25, 0.3) is 0 Å². The lowest BCUT2D eigenvalue weighted by Crippen LogP contribution is -2.50. The number of carbonyl (C=O) groups is 1. The topological polar surface area (TPSA) is 95.9 Å². The van der Waals surface area contributed by atoms with Gasteiger partial charge in [0.05, 0.1) is 12.2 Å². The lowest BCUT2D eigenvalue weighted by molar-refractivity contribution is -0.0000434. The SMILES string of the molecule is CCCCC([C@H]1CN[C@H](Cc2ccc(C(=O)O)cc2)CO1)[P+](=O)O. The van der Waals surface area contributed by atoms with Crippen molar-refractivity contribution in [3.63, 3.8) is 0 Å². The highest BCUT2D eigenvalue weighted by Gasteiger charge is 2.39. The van der Waals surface area contributed by atoms with Crippen LogP contribution in [0.3, 0.4) is 0 Å². The smallest absolute Gasteiger partial charge is 0.478 e. The van der Waals surface area contributed by atoms with E-state index in [1.54, 1.807) is 12.1 Å². The molecule has 0 amide bonds. The molecule has 132 valence electrons. The Kier molecular flexibility index (Phi) is 7.31. The summed E-state index contributed by atoms with van der Waals surface area (Å²) in [5, 5.41) is 12.3. The Morgan fingerprint density at radius 3 is 2.62 bits per heavy atom. The first-order chi connectivity index (χ1) is 11.5. The van der Waals surface area contributed by atoms with Crippen LogP contribution >= 0.6 is 8.03 Å². The molecule has 0 radical (unpaired) electrons. The van der Waals surface area contributed by atoms with Gasteiger partial charge in [0.2, 0.25) is 5.66 Å². The molecule has 7 heteroatoms. The molecule has 1 aliphatic rings. The Hall–Kier alpha value is -1.33. The quantitative estimate of drug-likeness (QED) is 0.621. The van der Waals surface area contributed by atoms with Crippen molar-refractivity contribution in [2.24, 2.45) is 0 Å². The fourth-order valence-electron chi connectivity index (χ4n) is 2.94. The van der Waals surface area contributed by atoms with E-state index in [9.17, 15) is 14.3 Å². The first-order valence-electron chi connectivity index (χ1n) is 8.33. The maximum Gasteiger partial charge on any atom is 0.511 e. The Bertz CT molecular complexity index is 555. The average molecular weight is 354 g/mol. The lowest BCUT2D eigenvalue weighted by atomic mass is 10.0. The molecule has 1 saturated heterocycles. The van der Waals surface area contributed by atoms with Crippen molar-refractivity contribution in [3.8, 4) is 0 Å². The first kappa shape index (κ1) is 19.0. The van der Waals surface area contributed by atoms with Gasteiger partial charge in [-0.3, -0.25) is 0 Å². The van der Waals surface area contributed by atoms with Crippen molar-refractivity contribution in [1.29, 1.82) is 0 Å². The largest absolute Gasteiger partial charge is 0.511 e. The summed E-state index contributed by atoms with van der Waals surface area (Å²) in [6.07, 6.45) is 3.13. The number of benzene rings is 1. The van der Waals surface area contributed by atoms with Crippen molar-refractivity contribution in [2.45, 2.75) is 50.4 Å². The van der Waals surface area contributed by atoms with Crippen LogP contribution in [0, 0.1) is 0 Å². The van der Waals surface area contributed by atoms with Gasteiger partial charge in [-0.25, -0.2) is 4.79 Å². The van der Waals surface area contributed by atoms with Gasteiger partial charge in [0, 0.05) is 12.6 Å². The fourth-order valence-corrected chi connectivity index (χ4v) is 3.82. The third-order valence-corrected chi connectivity index (χ3v) is 5.53. The van der Waals surface area contributed by atoms with E-state index in [0.29, 0.717) is 19.6 Å². The van der Waals surface area contributed by atoms with Crippen LogP contribution in [0.1, 0.15) is 42.1 Å². The van der Waals surface area contributed by atoms with Gasteiger partial charge in [-0.15, -0.1) is 0 Å². The zero-order chi connectivity index (χ0) is 17.5. The number of rotatable bonds is 8. The van der Waals surface area contributed by atoms with Crippen molar-refractivity contribution in [1.82, 2.24) is 5.32 Å². The van der Waals surface area contributed by atoms with E-state index in [1.165, 1.54) is 0 Å². The first-order valence-corrected chi connectivity index (χ1v) is 9.62. The number of carboxylic acid groups (broad SMARTS) is 1. The number of morpholine rings is 1. The van der Waals surface area contributed by atoms with Crippen molar-refractivity contribution in [2.75, 3.05) is 13.2 Å². The van der Waals surface area contributed by atoms with Crippen LogP contribution in [0.2, 0.25) is 0 Å². The summed E-state index contributed by atoms with van der Waals surface area (Å²) in [4.78, 5) is 20.4. The summed E-state index contributed by atoms with van der Waals surface area (Å²) in [6.45, 7) is 3.11. The van der Waals surface area contributed by atoms with Gasteiger partial charge in [-0.1, -0.05) is 25.5 Å². The summed E-state index contributed by atoms with van der Waals surface area (Å²) < 4.78 is 17.4. The van der Waals surface area contributed by atoms with Crippen LogP contribution in [0.15, 0.2) is 24.3 Å². The molecule has 4 atom stereocenters. The van der Waals surface area contributed by atoms with Crippen LogP contribution in [0.25, 0.3) is 0 Å². The third kappa shape index (κ3) is 5.35. The number of hydrogen-bond acceptors (Lipinski definition) is 4. The van der Waals surface area contributed by atoms with Crippen molar-refractivity contribution < 1.29 is 24.1 Å². The Labute approximate surface area is 143 Å². The molecular formula is C17H25NO5P+. The Morgan fingerprint density at radius 1 is 1.42 bits per heavy atom. The monoisotopic (exact) mass is 354 g/mol. The molecule has 0 spiro atoms. The summed E-state index contributed by atoms with van der Waals surface area (Å²) in [7, 11) is -2.24. The predicted octanol–water partition coefficient (Wildman–Crippen LogP) is 2.58. The second kappa shape index (κ2) is 9.23. The van der Waals surface area contributed by atoms with Crippen LogP contribution in [0.4, 0.5) is 0 Å². The molecule has 3 N–H and O–H groups in total. The molecule has 1 aliphatic heterocycles. The van der Waals surface area contributed by atoms with Crippen LogP contribution in [-0.4, -0.2) is 46.9 Å². The maximum absolute atomic E-state index is 11.6. The second-order valence-corrected chi connectivity index (χ2v) is 7.46. The maximum atomic E-state index is 11.6. The van der Waals surface area contributed by atoms with E-state index < -0.39 is 14.0 Å². The number of aromatic carboxylic acids is 1. The van der Waals surface area contributed by atoms with Gasteiger partial charge in [0.1, 0.15) is 6.10 Å². The normalized spacial score (nSPS) is 22.8. The molecule has 2 rings (SSSR count). The second-order valence-electron chi connectivity index (χ2n) is 6.20. The van der Waals surface area contributed by atoms with Gasteiger partial charge in [-0.2, -0.15) is 4.89 Å². The predicted molar refractivity (Wildman–Crippen MR) is 91.8 cm³/mol. The van der Waals surface area contributed by atoms with E-state index in [2.05, 4.69) is 12.2 Å². The molecule has 0 saturated carbocycles. The van der Waals surface area contributed by atoms with Crippen molar-refractivity contribution >= 4 is 14.0 Å². The highest BCUT2D eigenvalue weighted by atomic mass is 31.1. The minimum absolute atomic E-state index is 0.125. The van der Waals surface area contributed by atoms with E-state index >= 15 is 0 Å². The fraction of sp³-hybridized carbons (Fsp3) is 0.588. The highest BCUT2D eigenvalue weighted by molar-refractivity contribution is 7.39. The number of carboxylic acids is 1. The van der Waals surface area contributed by atoms with Gasteiger partial charge < -0.3 is 15.2 Å². The summed E-state index contributed by atoms with van der Waals surface area (Å²) >= 11 is 0. The number of hydrogen-bond donors (Lipinski definition) is 3. The van der Waals surface area contributed by atoms with Crippen LogP contribution < -0.4 is 5.32 Å². The van der Waals surface area contributed by atoms with Crippen LogP contribution in [0.5, 0.6) is 0 Å². The molecule has 1 heterocycles. The Morgan fingerprint density at radius 2 is 2.12 bits per heavy atom. The van der Waals surface area contributed by atoms with E-state index in [1.807, 2.05) is 12.1 Å². The molecular weight excluding hydrogens is 329 g/mol. The molecule has 1 fully saturated rings. The Balaban J connectivity index is 1.85.